The third-order valence-electron chi connectivity index (χ3n) is 11.4. The van der Waals surface area contributed by atoms with E-state index in [-0.39, 0.29) is 42.9 Å². The van der Waals surface area contributed by atoms with Gasteiger partial charge >= 0.3 is 12.1 Å². The number of phenols is 1. The number of likely N-dealkylation sites (N-methyl/N-ethyl adjacent to an activating group) is 1. The van der Waals surface area contributed by atoms with Crippen LogP contribution in [0.1, 0.15) is 70.4 Å². The fraction of sp³-hybridized carbons (Fsp3) is 0.415. The molecule has 3 aromatic rings. The largest absolute Gasteiger partial charge is 0.504 e. The molecular weight excluding hydrogens is 747 g/mol. The molecule has 4 aliphatic rings. The smallest absolute Gasteiger partial charge is 0.416 e. The number of amides is 2. The SMILES string of the molecule is COc1c(C)cc2c(c1O)[C@@H]1C3Cc4c(OC(C)=O)c(C)c5c(c4[C@H](CNC(=O)C(C)NC(=O)C=Cc4cccc(C(F)(F)F)c4)N3[C@@H](C#N)[C@H](C2)N1C)OCO5. The summed E-state index contributed by atoms with van der Waals surface area (Å²) in [6, 6.07) is 5.14. The number of carbonyl (C=O) groups is 3. The van der Waals surface area contributed by atoms with E-state index in [4.69, 9.17) is 18.9 Å². The van der Waals surface area contributed by atoms with Crippen LogP contribution in [0.2, 0.25) is 0 Å². The number of hydrogen-bond donors (Lipinski definition) is 3. The van der Waals surface area contributed by atoms with Gasteiger partial charge in [0, 0.05) is 53.9 Å². The van der Waals surface area contributed by atoms with E-state index in [9.17, 15) is 37.9 Å². The molecule has 0 spiro atoms. The van der Waals surface area contributed by atoms with Crippen LogP contribution in [-0.2, 0) is 33.4 Å². The monoisotopic (exact) mass is 789 g/mol. The third-order valence-corrected chi connectivity index (χ3v) is 11.4. The molecule has 0 aliphatic carbocycles. The Labute approximate surface area is 326 Å². The molecule has 2 unspecified atom stereocenters. The maximum atomic E-state index is 13.7. The lowest BCUT2D eigenvalue weighted by Gasteiger charge is -2.60. The van der Waals surface area contributed by atoms with Crippen LogP contribution in [0.25, 0.3) is 6.08 Å². The molecule has 1 saturated heterocycles. The summed E-state index contributed by atoms with van der Waals surface area (Å²) in [6.07, 6.45) is -1.58. The van der Waals surface area contributed by atoms with Crippen molar-refractivity contribution in [3.63, 3.8) is 0 Å². The first-order chi connectivity index (χ1) is 27.0. The zero-order chi connectivity index (χ0) is 41.1. The highest BCUT2D eigenvalue weighted by atomic mass is 19.4. The minimum atomic E-state index is -4.55. The van der Waals surface area contributed by atoms with Crippen molar-refractivity contribution in [3.8, 4) is 34.8 Å². The van der Waals surface area contributed by atoms with Crippen LogP contribution in [0.4, 0.5) is 13.2 Å². The van der Waals surface area contributed by atoms with Crippen LogP contribution in [0.15, 0.2) is 36.4 Å². The topological polar surface area (TPSA) is 163 Å². The number of benzene rings is 3. The number of nitrogens with zero attached hydrogens (tertiary/aromatic N) is 3. The van der Waals surface area contributed by atoms with Crippen molar-refractivity contribution in [1.82, 2.24) is 20.4 Å². The number of carbonyl (C=O) groups excluding carboxylic acids is 3. The van der Waals surface area contributed by atoms with Gasteiger partial charge in [-0.1, -0.05) is 18.2 Å². The Morgan fingerprint density at radius 2 is 1.84 bits per heavy atom. The minimum absolute atomic E-state index is 0.00237. The van der Waals surface area contributed by atoms with Crippen molar-refractivity contribution in [2.45, 2.75) is 83.0 Å². The molecule has 4 heterocycles. The highest BCUT2D eigenvalue weighted by Crippen LogP contribution is 2.58. The molecule has 0 radical (unpaired) electrons. The second-order valence-corrected chi connectivity index (χ2v) is 14.8. The molecule has 300 valence electrons. The van der Waals surface area contributed by atoms with Gasteiger partial charge < -0.3 is 34.7 Å². The predicted molar refractivity (Wildman–Crippen MR) is 199 cm³/mol. The zero-order valence-electron chi connectivity index (χ0n) is 32.1. The standard InChI is InChI=1S/C41H42F3N5O8/c1-19-12-24-14-27-29(16-45)49-28(34(48(27)5)32(24)35(52)36(19)54-6)15-26-33(39-38(55-18-56-39)20(2)37(26)57-22(4)50)30(49)17-46-40(53)21(3)47-31(51)11-10-23-8-7-9-25(13-23)41(42,43)44/h7-13,21,27-30,34,52H,14-15,17-18H2,1-6H3,(H,46,53)(H,47,51)/t21?,27-,28?,29-,30-,34-/m0/s1. The van der Waals surface area contributed by atoms with Crippen molar-refractivity contribution >= 4 is 23.9 Å². The van der Waals surface area contributed by atoms with E-state index in [2.05, 4.69) is 21.6 Å². The number of alkyl halides is 3. The summed E-state index contributed by atoms with van der Waals surface area (Å²) in [4.78, 5) is 43.2. The third kappa shape index (κ3) is 6.88. The number of esters is 1. The number of methoxy groups -OCH3 is 1. The highest BCUT2D eigenvalue weighted by molar-refractivity contribution is 5.95. The van der Waals surface area contributed by atoms with Crippen LogP contribution in [0.3, 0.4) is 0 Å². The average Bonchev–Trinajstić information content (AvgIpc) is 3.65. The van der Waals surface area contributed by atoms with Crippen LogP contribution in [0.5, 0.6) is 28.7 Å². The molecule has 3 aromatic carbocycles. The van der Waals surface area contributed by atoms with Gasteiger partial charge in [-0.05, 0) is 75.6 Å². The summed E-state index contributed by atoms with van der Waals surface area (Å²) in [5.74, 6) is -0.439. The Balaban J connectivity index is 1.25. The number of hydrogen-bond acceptors (Lipinski definition) is 11. The Morgan fingerprint density at radius 1 is 1.11 bits per heavy atom. The molecule has 0 aromatic heterocycles. The number of nitrogens with one attached hydrogen (secondary N) is 2. The molecule has 3 N–H and O–H groups in total. The lowest BCUT2D eigenvalue weighted by molar-refractivity contribution is -0.137. The van der Waals surface area contributed by atoms with Gasteiger partial charge in [-0.3, -0.25) is 24.2 Å². The van der Waals surface area contributed by atoms with E-state index >= 15 is 0 Å². The lowest BCUT2D eigenvalue weighted by Crippen LogP contribution is -2.69. The van der Waals surface area contributed by atoms with Crippen LogP contribution < -0.4 is 29.6 Å². The van der Waals surface area contributed by atoms with E-state index in [1.54, 1.807) is 6.92 Å². The van der Waals surface area contributed by atoms with Gasteiger partial charge in [0.05, 0.1) is 30.8 Å². The van der Waals surface area contributed by atoms with E-state index in [1.165, 1.54) is 39.2 Å². The minimum Gasteiger partial charge on any atom is -0.504 e. The van der Waals surface area contributed by atoms with Gasteiger partial charge in [0.25, 0.3) is 0 Å². The molecule has 1 fully saturated rings. The van der Waals surface area contributed by atoms with E-state index < -0.39 is 59.7 Å². The number of piperazine rings is 1. The van der Waals surface area contributed by atoms with Gasteiger partial charge in [0.2, 0.25) is 18.6 Å². The first-order valence-electron chi connectivity index (χ1n) is 18.4. The number of ether oxygens (including phenoxy) is 4. The molecule has 16 heteroatoms. The maximum absolute atomic E-state index is 13.7. The van der Waals surface area contributed by atoms with E-state index in [0.29, 0.717) is 45.9 Å². The summed E-state index contributed by atoms with van der Waals surface area (Å²) in [7, 11) is 3.41. The molecule has 0 saturated carbocycles. The highest BCUT2D eigenvalue weighted by Gasteiger charge is 2.57. The summed E-state index contributed by atoms with van der Waals surface area (Å²) in [5, 5.41) is 28.1. The second-order valence-electron chi connectivity index (χ2n) is 14.8. The Morgan fingerprint density at radius 3 is 2.53 bits per heavy atom. The summed E-state index contributed by atoms with van der Waals surface area (Å²) < 4.78 is 63.0. The number of fused-ring (bicyclic) bond motifs is 9. The zero-order valence-corrected chi connectivity index (χ0v) is 32.1. The molecule has 7 rings (SSSR count). The van der Waals surface area contributed by atoms with Gasteiger partial charge in [0.15, 0.2) is 23.0 Å². The molecule has 6 atom stereocenters. The van der Waals surface area contributed by atoms with Gasteiger partial charge in [-0.15, -0.1) is 0 Å². The quantitative estimate of drug-likeness (QED) is 0.163. The molecule has 4 aliphatic heterocycles. The Kier molecular flexibility index (Phi) is 10.3. The maximum Gasteiger partial charge on any atom is 0.416 e. The number of phenolic OH excluding ortho intramolecular Hbond substituents is 1. The molecular formula is C41H42F3N5O8. The molecule has 13 nitrogen and oxygen atoms in total. The lowest BCUT2D eigenvalue weighted by atomic mass is 9.71. The van der Waals surface area contributed by atoms with Crippen molar-refractivity contribution in [1.29, 1.82) is 5.26 Å². The molecule has 2 amide bonds. The van der Waals surface area contributed by atoms with Gasteiger partial charge in [-0.2, -0.15) is 18.4 Å². The summed E-state index contributed by atoms with van der Waals surface area (Å²) in [5.41, 5.74) is 3.35. The van der Waals surface area contributed by atoms with Crippen LogP contribution >= 0.6 is 0 Å². The van der Waals surface area contributed by atoms with Crippen molar-refractivity contribution in [3.05, 3.63) is 80.9 Å². The van der Waals surface area contributed by atoms with Gasteiger partial charge in [-0.25, -0.2) is 0 Å². The molecule has 2 bridgehead atoms. The van der Waals surface area contributed by atoms with Crippen molar-refractivity contribution in [2.75, 3.05) is 27.5 Å². The first kappa shape index (κ1) is 39.4. The van der Waals surface area contributed by atoms with E-state index in [0.717, 1.165) is 29.3 Å². The number of halogens is 3. The summed E-state index contributed by atoms with van der Waals surface area (Å²) in [6.45, 7) is 6.18. The number of rotatable bonds is 8. The Bertz CT molecular complexity index is 2240. The second kappa shape index (κ2) is 14.9. The van der Waals surface area contributed by atoms with Crippen LogP contribution in [0, 0.1) is 25.2 Å². The van der Waals surface area contributed by atoms with Crippen molar-refractivity contribution < 1.29 is 51.6 Å². The van der Waals surface area contributed by atoms with Crippen molar-refractivity contribution in [2.24, 2.45) is 0 Å². The van der Waals surface area contributed by atoms with E-state index in [1.807, 2.05) is 24.9 Å². The molecule has 57 heavy (non-hydrogen) atoms. The van der Waals surface area contributed by atoms with Crippen LogP contribution in [-0.4, -0.2) is 84.4 Å². The fourth-order valence-electron chi connectivity index (χ4n) is 8.98. The number of aryl methyl sites for hydroxylation is 1. The normalized spacial score (nSPS) is 22.8. The first-order valence-corrected chi connectivity index (χ1v) is 18.4. The number of nitriles is 1. The summed E-state index contributed by atoms with van der Waals surface area (Å²) >= 11 is 0. The average molecular weight is 790 g/mol. The predicted octanol–water partition coefficient (Wildman–Crippen LogP) is 4.80. The Hall–Kier alpha value is -5.79. The fourth-order valence-corrected chi connectivity index (χ4v) is 8.98. The number of aromatic hydroxyl groups is 1. The van der Waals surface area contributed by atoms with Gasteiger partial charge in [0.1, 0.15) is 17.8 Å².